The maximum Gasteiger partial charge on any atom is 0.125 e. The molecule has 6 aromatic heterocycles. The molecule has 0 saturated carbocycles. The zero-order chi connectivity index (χ0) is 42.1. The Balaban J connectivity index is 0.000000153. The van der Waals surface area contributed by atoms with Gasteiger partial charge in [-0.25, -0.2) is 19.9 Å². The summed E-state index contributed by atoms with van der Waals surface area (Å²) in [7, 11) is 3.45. The number of methoxy groups -OCH3 is 2. The minimum atomic E-state index is 0.380. The first kappa shape index (κ1) is 43.5. The van der Waals surface area contributed by atoms with Gasteiger partial charge in [-0.2, -0.15) is 0 Å². The fourth-order valence-electron chi connectivity index (χ4n) is 7.54. The van der Waals surface area contributed by atoms with E-state index in [9.17, 15) is 0 Å². The van der Waals surface area contributed by atoms with Gasteiger partial charge in [-0.3, -0.25) is 4.90 Å². The van der Waals surface area contributed by atoms with Crippen LogP contribution in [0.1, 0.15) is 36.4 Å². The molecule has 0 saturated heterocycles. The molecule has 61 heavy (non-hydrogen) atoms. The quantitative estimate of drug-likeness (QED) is 0.108. The lowest BCUT2D eigenvalue weighted by Crippen LogP contribution is -2.39. The second-order valence-electron chi connectivity index (χ2n) is 14.7. The molecular formula is C46H49BrN8O2S4. The molecule has 15 heteroatoms. The molecule has 0 fully saturated rings. The molecule has 2 aliphatic rings. The Morgan fingerprint density at radius 2 is 1.30 bits per heavy atom. The van der Waals surface area contributed by atoms with Crippen molar-refractivity contribution in [1.29, 1.82) is 0 Å². The zero-order valence-electron chi connectivity index (χ0n) is 34.6. The van der Waals surface area contributed by atoms with Gasteiger partial charge in [0.05, 0.1) is 56.0 Å². The van der Waals surface area contributed by atoms with E-state index in [-0.39, 0.29) is 0 Å². The summed E-state index contributed by atoms with van der Waals surface area (Å²) in [6.45, 7) is 9.20. The fraction of sp³-hybridized carbons (Fsp3) is 0.304. The Labute approximate surface area is 380 Å². The number of fused-ring (bicyclic) bond motifs is 4. The number of hydrogen-bond acceptors (Lipinski definition) is 14. The van der Waals surface area contributed by atoms with Gasteiger partial charge in [-0.05, 0) is 105 Å². The van der Waals surface area contributed by atoms with Crippen LogP contribution in [-0.4, -0.2) is 89.3 Å². The van der Waals surface area contributed by atoms with Crippen molar-refractivity contribution in [2.24, 2.45) is 0 Å². The van der Waals surface area contributed by atoms with Gasteiger partial charge in [0, 0.05) is 89.0 Å². The van der Waals surface area contributed by atoms with E-state index in [1.165, 1.54) is 35.7 Å². The fourth-order valence-corrected chi connectivity index (χ4v) is 11.5. The predicted octanol–water partition coefficient (Wildman–Crippen LogP) is 12.2. The van der Waals surface area contributed by atoms with Crippen LogP contribution in [0.3, 0.4) is 0 Å². The number of rotatable bonds is 11. The third-order valence-corrected chi connectivity index (χ3v) is 14.9. The maximum absolute atomic E-state index is 5.30. The van der Waals surface area contributed by atoms with Crippen molar-refractivity contribution in [2.75, 3.05) is 63.0 Å². The molecule has 8 heterocycles. The summed E-state index contributed by atoms with van der Waals surface area (Å²) in [6, 6.07) is 22.1. The SMILES string of the molecule is CC1NCCC=C1c1cc2c(Nc3ccc4scnc4c3)ccnc2s1.COCCBr.COCCN1CCC=C(c2cc3c(Nc4ccc5scnc5c4)ccnc3s2)C1C. The van der Waals surface area contributed by atoms with Crippen molar-refractivity contribution in [1.82, 2.24) is 30.2 Å². The number of thiazole rings is 2. The van der Waals surface area contributed by atoms with E-state index < -0.39 is 0 Å². The summed E-state index contributed by atoms with van der Waals surface area (Å²) in [5, 5.41) is 13.9. The molecule has 2 unspecified atom stereocenters. The number of hydrogen-bond donors (Lipinski definition) is 3. The second-order valence-corrected chi connectivity index (χ2v) is 19.3. The second kappa shape index (κ2) is 20.8. The van der Waals surface area contributed by atoms with Gasteiger partial charge < -0.3 is 25.4 Å². The van der Waals surface area contributed by atoms with Crippen LogP contribution in [0.15, 0.2) is 96.2 Å². The van der Waals surface area contributed by atoms with Crippen LogP contribution in [0.25, 0.3) is 52.0 Å². The van der Waals surface area contributed by atoms with E-state index >= 15 is 0 Å². The van der Waals surface area contributed by atoms with Gasteiger partial charge in [-0.15, -0.1) is 45.3 Å². The third kappa shape index (κ3) is 10.4. The van der Waals surface area contributed by atoms with Crippen LogP contribution in [0, 0.1) is 0 Å². The van der Waals surface area contributed by atoms with Crippen molar-refractivity contribution < 1.29 is 9.47 Å². The van der Waals surface area contributed by atoms with Crippen molar-refractivity contribution in [2.45, 2.75) is 38.8 Å². The molecule has 8 aromatic rings. The summed E-state index contributed by atoms with van der Waals surface area (Å²) < 4.78 is 12.3. The van der Waals surface area contributed by atoms with Crippen LogP contribution in [0.4, 0.5) is 22.7 Å². The molecule has 0 aliphatic carbocycles. The zero-order valence-corrected chi connectivity index (χ0v) is 39.5. The monoisotopic (exact) mass is 952 g/mol. The lowest BCUT2D eigenvalue weighted by Gasteiger charge is -2.33. The van der Waals surface area contributed by atoms with Crippen molar-refractivity contribution in [3.05, 3.63) is 106 Å². The van der Waals surface area contributed by atoms with E-state index in [0.717, 1.165) is 99.8 Å². The Kier molecular flexibility index (Phi) is 14.8. The summed E-state index contributed by atoms with van der Waals surface area (Å²) in [5.74, 6) is 0. The molecular weight excluding hydrogens is 905 g/mol. The highest BCUT2D eigenvalue weighted by atomic mass is 79.9. The average molecular weight is 954 g/mol. The molecule has 0 amide bonds. The number of nitrogens with one attached hydrogen (secondary N) is 3. The minimum absolute atomic E-state index is 0.380. The number of halogens is 1. The molecule has 0 radical (unpaired) electrons. The number of alkyl halides is 1. The predicted molar refractivity (Wildman–Crippen MR) is 266 cm³/mol. The highest BCUT2D eigenvalue weighted by Crippen LogP contribution is 2.39. The summed E-state index contributed by atoms with van der Waals surface area (Å²) in [5.41, 5.74) is 12.9. The van der Waals surface area contributed by atoms with Gasteiger partial charge in [0.15, 0.2) is 0 Å². The smallest absolute Gasteiger partial charge is 0.125 e. The maximum atomic E-state index is 5.30. The van der Waals surface area contributed by atoms with E-state index in [1.54, 1.807) is 59.6 Å². The van der Waals surface area contributed by atoms with E-state index in [2.05, 4.69) is 136 Å². The van der Waals surface area contributed by atoms with Gasteiger partial charge in [0.1, 0.15) is 9.66 Å². The first-order valence-corrected chi connectivity index (χ1v) is 24.8. The number of anilines is 4. The Hall–Kier alpha value is -4.16. The molecule has 2 aliphatic heterocycles. The first-order chi connectivity index (χ1) is 29.9. The lowest BCUT2D eigenvalue weighted by molar-refractivity contribution is 0.137. The summed E-state index contributed by atoms with van der Waals surface area (Å²) in [6.07, 6.45) is 10.7. The Morgan fingerprint density at radius 3 is 1.84 bits per heavy atom. The lowest BCUT2D eigenvalue weighted by atomic mass is 9.99. The van der Waals surface area contributed by atoms with E-state index in [1.807, 2.05) is 35.5 Å². The highest BCUT2D eigenvalue weighted by Gasteiger charge is 2.24. The molecule has 3 N–H and O–H groups in total. The van der Waals surface area contributed by atoms with Crippen LogP contribution in [0.5, 0.6) is 0 Å². The molecule has 316 valence electrons. The van der Waals surface area contributed by atoms with Crippen molar-refractivity contribution >= 4 is 136 Å². The number of benzene rings is 2. The average Bonchev–Trinajstić information content (AvgIpc) is 4.11. The number of pyridine rings is 2. The largest absolute Gasteiger partial charge is 0.384 e. The van der Waals surface area contributed by atoms with Gasteiger partial charge >= 0.3 is 0 Å². The minimum Gasteiger partial charge on any atom is -0.384 e. The number of thiophene rings is 2. The number of aromatic nitrogens is 4. The topological polar surface area (TPSA) is 109 Å². The van der Waals surface area contributed by atoms with Gasteiger partial charge in [0.2, 0.25) is 0 Å². The van der Waals surface area contributed by atoms with Crippen molar-refractivity contribution in [3.8, 4) is 0 Å². The number of ether oxygens (including phenoxy) is 2. The van der Waals surface area contributed by atoms with Crippen LogP contribution >= 0.6 is 61.3 Å². The summed E-state index contributed by atoms with van der Waals surface area (Å²) in [4.78, 5) is 25.3. The Bertz CT molecular complexity index is 2770. The third-order valence-electron chi connectivity index (χ3n) is 10.7. The molecule has 10 nitrogen and oxygen atoms in total. The molecule has 0 spiro atoms. The first-order valence-electron chi connectivity index (χ1n) is 20.3. The normalized spacial score (nSPS) is 16.8. The van der Waals surface area contributed by atoms with Crippen LogP contribution in [0.2, 0.25) is 0 Å². The van der Waals surface area contributed by atoms with Crippen LogP contribution < -0.4 is 16.0 Å². The number of nitrogens with zero attached hydrogens (tertiary/aromatic N) is 5. The summed E-state index contributed by atoms with van der Waals surface area (Å²) >= 11 is 10.1. The van der Waals surface area contributed by atoms with Gasteiger partial charge in [0.25, 0.3) is 0 Å². The Morgan fingerprint density at radius 1 is 0.721 bits per heavy atom. The molecule has 2 atom stereocenters. The highest BCUT2D eigenvalue weighted by molar-refractivity contribution is 9.09. The van der Waals surface area contributed by atoms with Crippen LogP contribution in [-0.2, 0) is 9.47 Å². The van der Waals surface area contributed by atoms with E-state index in [4.69, 9.17) is 4.74 Å². The van der Waals surface area contributed by atoms with Crippen molar-refractivity contribution in [3.63, 3.8) is 0 Å². The molecule has 10 rings (SSSR count). The van der Waals surface area contributed by atoms with E-state index in [0.29, 0.717) is 12.1 Å². The van der Waals surface area contributed by atoms with Gasteiger partial charge in [-0.1, -0.05) is 28.1 Å². The molecule has 2 aromatic carbocycles. The standard InChI is InChI=1S/C23H24N4OS2.C20H18N4S2.C3H7BrO/c1-15-17(4-3-9-27(15)10-11-28-2)22-13-18-19(7-8-24-23(18)30-22)26-16-5-6-21-20(12-16)25-14-29-21;1-12-14(3-2-7-21-12)19-10-15-16(6-8-22-20(15)26-19)24-13-4-5-18-17(9-13)23-11-25-18;1-5-3-2-4/h4-8,12-15H,3,9-11H2,1-2H3,(H,24,26);3-6,8-12,21H,2,7H2,1H3,(H,22,24);2-3H2,1H3. The molecule has 0 bridgehead atoms.